The van der Waals surface area contributed by atoms with Gasteiger partial charge in [0.2, 0.25) is 0 Å². The monoisotopic (exact) mass is 340 g/mol. The van der Waals surface area contributed by atoms with E-state index in [1.165, 1.54) is 17.0 Å². The van der Waals surface area contributed by atoms with Crippen molar-refractivity contribution in [3.05, 3.63) is 42.2 Å². The topological polar surface area (TPSA) is 70.4 Å². The van der Waals surface area contributed by atoms with Gasteiger partial charge in [0.1, 0.15) is 0 Å². The van der Waals surface area contributed by atoms with E-state index in [0.717, 1.165) is 10.9 Å². The van der Waals surface area contributed by atoms with Crippen molar-refractivity contribution in [1.29, 1.82) is 0 Å². The molecule has 0 bridgehead atoms. The van der Waals surface area contributed by atoms with Gasteiger partial charge >= 0.3 is 12.2 Å². The highest BCUT2D eigenvalue weighted by Gasteiger charge is 2.39. The van der Waals surface area contributed by atoms with Crippen LogP contribution in [0.25, 0.3) is 5.69 Å². The molecule has 1 atom stereocenters. The van der Waals surface area contributed by atoms with Crippen LogP contribution in [0, 0.1) is 0 Å². The Kier molecular flexibility index (Phi) is 4.18. The maximum Gasteiger partial charge on any atom is 0.435 e. The summed E-state index contributed by atoms with van der Waals surface area (Å²) in [4.78, 5) is 13.4. The van der Waals surface area contributed by atoms with E-state index in [-0.39, 0.29) is 12.2 Å². The number of para-hydroxylation sites is 1. The molecule has 1 aromatic heterocycles. The lowest BCUT2D eigenvalue weighted by Crippen LogP contribution is -2.34. The number of β-amino-alcohol motifs (C(OH)–C–C–N with tert-alkyl or cyclic N) is 1. The molecule has 9 heteroatoms. The number of anilines is 1. The Morgan fingerprint density at radius 2 is 2.00 bits per heavy atom. The number of hydrogen-bond donors (Lipinski definition) is 2. The molecule has 3 rings (SSSR count). The molecule has 1 aliphatic heterocycles. The lowest BCUT2D eigenvalue weighted by atomic mass is 10.3. The number of nitrogens with one attached hydrogen (secondary N) is 1. The Labute approximate surface area is 135 Å². The zero-order chi connectivity index (χ0) is 17.3. The third-order valence-corrected chi connectivity index (χ3v) is 3.73. The quantitative estimate of drug-likeness (QED) is 0.882. The molecule has 128 valence electrons. The van der Waals surface area contributed by atoms with Crippen LogP contribution in [0.4, 0.5) is 23.7 Å². The predicted molar refractivity (Wildman–Crippen MR) is 79.8 cm³/mol. The number of carbonyl (C=O) groups excluding carboxylic acids is 1. The van der Waals surface area contributed by atoms with Crippen LogP contribution in [0.15, 0.2) is 36.5 Å². The van der Waals surface area contributed by atoms with Crippen molar-refractivity contribution in [3.8, 4) is 5.69 Å². The summed E-state index contributed by atoms with van der Waals surface area (Å²) in [7, 11) is 0. The lowest BCUT2D eigenvalue weighted by Gasteiger charge is -2.17. The van der Waals surface area contributed by atoms with Crippen LogP contribution in [0.1, 0.15) is 12.1 Å². The van der Waals surface area contributed by atoms with Gasteiger partial charge in [0.05, 0.1) is 23.7 Å². The van der Waals surface area contributed by atoms with Crippen LogP contribution in [-0.4, -0.2) is 45.0 Å². The summed E-state index contributed by atoms with van der Waals surface area (Å²) < 4.78 is 41.1. The number of nitrogens with zero attached hydrogens (tertiary/aromatic N) is 3. The van der Waals surface area contributed by atoms with Crippen molar-refractivity contribution in [3.63, 3.8) is 0 Å². The van der Waals surface area contributed by atoms with Gasteiger partial charge in [0.25, 0.3) is 0 Å². The fourth-order valence-electron chi connectivity index (χ4n) is 2.60. The summed E-state index contributed by atoms with van der Waals surface area (Å²) >= 11 is 0. The molecule has 0 unspecified atom stereocenters. The SMILES string of the molecule is O=C(Nc1cnn(-c2ccccc2)c1C(F)(F)F)N1CC[C@@H](O)C1. The van der Waals surface area contributed by atoms with Gasteiger partial charge in [-0.05, 0) is 18.6 Å². The van der Waals surface area contributed by atoms with E-state index in [1.54, 1.807) is 18.2 Å². The highest BCUT2D eigenvalue weighted by atomic mass is 19.4. The molecule has 2 amide bonds. The third-order valence-electron chi connectivity index (χ3n) is 3.73. The Morgan fingerprint density at radius 1 is 1.29 bits per heavy atom. The van der Waals surface area contributed by atoms with Gasteiger partial charge in [0.15, 0.2) is 5.69 Å². The highest BCUT2D eigenvalue weighted by molar-refractivity contribution is 5.90. The van der Waals surface area contributed by atoms with E-state index in [4.69, 9.17) is 0 Å². The average Bonchev–Trinajstić information content (AvgIpc) is 3.14. The number of carbonyl (C=O) groups is 1. The molecular weight excluding hydrogens is 325 g/mol. The van der Waals surface area contributed by atoms with E-state index >= 15 is 0 Å². The first kappa shape index (κ1) is 16.3. The lowest BCUT2D eigenvalue weighted by molar-refractivity contribution is -0.142. The molecule has 24 heavy (non-hydrogen) atoms. The number of aromatic nitrogens is 2. The summed E-state index contributed by atoms with van der Waals surface area (Å²) in [5.74, 6) is 0. The van der Waals surface area contributed by atoms with Gasteiger partial charge in [-0.25, -0.2) is 9.48 Å². The Bertz CT molecular complexity index is 730. The summed E-state index contributed by atoms with van der Waals surface area (Å²) in [6.07, 6.45) is -3.97. The van der Waals surface area contributed by atoms with Crippen molar-refractivity contribution in [2.24, 2.45) is 0 Å². The van der Waals surface area contributed by atoms with E-state index < -0.39 is 29.7 Å². The molecule has 0 aliphatic carbocycles. The fraction of sp³-hybridized carbons (Fsp3) is 0.333. The normalized spacial score (nSPS) is 18.0. The second-order valence-electron chi connectivity index (χ2n) is 5.47. The van der Waals surface area contributed by atoms with E-state index in [0.29, 0.717) is 13.0 Å². The van der Waals surface area contributed by atoms with Gasteiger partial charge in [-0.15, -0.1) is 0 Å². The smallest absolute Gasteiger partial charge is 0.391 e. The van der Waals surface area contributed by atoms with Crippen LogP contribution >= 0.6 is 0 Å². The van der Waals surface area contributed by atoms with E-state index in [9.17, 15) is 23.1 Å². The number of benzene rings is 1. The molecule has 2 N–H and O–H groups in total. The number of aliphatic hydroxyl groups is 1. The number of aliphatic hydroxyl groups excluding tert-OH is 1. The summed E-state index contributed by atoms with van der Waals surface area (Å²) in [5, 5.41) is 15.4. The average molecular weight is 340 g/mol. The molecular formula is C15H15F3N4O2. The van der Waals surface area contributed by atoms with Crippen molar-refractivity contribution < 1.29 is 23.1 Å². The fourth-order valence-corrected chi connectivity index (χ4v) is 2.60. The minimum Gasteiger partial charge on any atom is -0.391 e. The second kappa shape index (κ2) is 6.16. The van der Waals surface area contributed by atoms with Gasteiger partial charge in [-0.2, -0.15) is 18.3 Å². The number of rotatable bonds is 2. The van der Waals surface area contributed by atoms with Crippen LogP contribution in [0.3, 0.4) is 0 Å². The number of halogens is 3. The minimum atomic E-state index is -4.69. The minimum absolute atomic E-state index is 0.0972. The molecule has 2 heterocycles. The van der Waals surface area contributed by atoms with Crippen molar-refractivity contribution in [2.45, 2.75) is 18.7 Å². The molecule has 1 aromatic carbocycles. The summed E-state index contributed by atoms with van der Waals surface area (Å²) in [5.41, 5.74) is -1.23. The van der Waals surface area contributed by atoms with Crippen LogP contribution < -0.4 is 5.32 Å². The molecule has 1 fully saturated rings. The zero-order valence-electron chi connectivity index (χ0n) is 12.5. The Morgan fingerprint density at radius 3 is 2.58 bits per heavy atom. The maximum atomic E-state index is 13.5. The number of amides is 2. The Hall–Kier alpha value is -2.55. The zero-order valence-corrected chi connectivity index (χ0v) is 12.5. The number of hydrogen-bond acceptors (Lipinski definition) is 3. The molecule has 1 saturated heterocycles. The molecule has 1 aliphatic rings. The first-order chi connectivity index (χ1) is 11.4. The van der Waals surface area contributed by atoms with Gasteiger partial charge in [-0.3, -0.25) is 0 Å². The van der Waals surface area contributed by atoms with Gasteiger partial charge in [0, 0.05) is 13.1 Å². The first-order valence-electron chi connectivity index (χ1n) is 7.31. The first-order valence-corrected chi connectivity index (χ1v) is 7.31. The molecule has 6 nitrogen and oxygen atoms in total. The molecule has 0 saturated carbocycles. The molecule has 0 spiro atoms. The van der Waals surface area contributed by atoms with E-state index in [1.807, 2.05) is 0 Å². The van der Waals surface area contributed by atoms with Crippen molar-refractivity contribution in [1.82, 2.24) is 14.7 Å². The largest absolute Gasteiger partial charge is 0.435 e. The summed E-state index contributed by atoms with van der Waals surface area (Å²) in [6, 6.07) is 7.17. The molecule has 2 aromatic rings. The van der Waals surface area contributed by atoms with Crippen molar-refractivity contribution in [2.75, 3.05) is 18.4 Å². The predicted octanol–water partition coefficient (Wildman–Crippen LogP) is 2.49. The number of likely N-dealkylation sites (tertiary alicyclic amines) is 1. The number of alkyl halides is 3. The van der Waals surface area contributed by atoms with Crippen molar-refractivity contribution >= 4 is 11.7 Å². The molecule has 0 radical (unpaired) electrons. The van der Waals surface area contributed by atoms with Gasteiger partial charge < -0.3 is 15.3 Å². The van der Waals surface area contributed by atoms with E-state index in [2.05, 4.69) is 10.4 Å². The maximum absolute atomic E-state index is 13.5. The standard InChI is InChI=1S/C15H15F3N4O2/c16-15(17,18)13-12(20-14(24)21-7-6-11(23)9-21)8-19-22(13)10-4-2-1-3-5-10/h1-5,8,11,23H,6-7,9H2,(H,20,24)/t11-/m1/s1. The second-order valence-corrected chi connectivity index (χ2v) is 5.47. The Balaban J connectivity index is 1.91. The highest BCUT2D eigenvalue weighted by Crippen LogP contribution is 2.36. The van der Waals surface area contributed by atoms with Crippen LogP contribution in [0.5, 0.6) is 0 Å². The van der Waals surface area contributed by atoms with Crippen LogP contribution in [-0.2, 0) is 6.18 Å². The number of urea groups is 1. The van der Waals surface area contributed by atoms with Gasteiger partial charge in [-0.1, -0.05) is 18.2 Å². The third kappa shape index (κ3) is 3.21. The van der Waals surface area contributed by atoms with Crippen LogP contribution in [0.2, 0.25) is 0 Å². The summed E-state index contributed by atoms with van der Waals surface area (Å²) in [6.45, 7) is 0.390.